The zero-order chi connectivity index (χ0) is 23.8. The lowest BCUT2D eigenvalue weighted by Crippen LogP contribution is -2.21. The smallest absolute Gasteiger partial charge is 0.231 e. The number of nitrogens with zero attached hydrogens (tertiary/aromatic N) is 1. The summed E-state index contributed by atoms with van der Waals surface area (Å²) in [6.45, 7) is 0.420. The minimum atomic E-state index is -0.504. The molecule has 0 fully saturated rings. The van der Waals surface area contributed by atoms with Crippen molar-refractivity contribution in [1.29, 1.82) is 5.26 Å². The molecule has 0 bridgehead atoms. The molecule has 2 N–H and O–H groups in total. The highest BCUT2D eigenvalue weighted by Gasteiger charge is 2.34. The van der Waals surface area contributed by atoms with E-state index >= 15 is 0 Å². The van der Waals surface area contributed by atoms with E-state index in [1.165, 1.54) is 0 Å². The first-order chi connectivity index (χ1) is 16.5. The molecule has 0 amide bonds. The van der Waals surface area contributed by atoms with Gasteiger partial charge in [0.1, 0.15) is 24.0 Å². The van der Waals surface area contributed by atoms with Crippen molar-refractivity contribution in [3.05, 3.63) is 86.2 Å². The van der Waals surface area contributed by atoms with Crippen LogP contribution < -0.4 is 29.4 Å². The average Bonchev–Trinajstić information content (AvgIpc) is 3.28. The van der Waals surface area contributed by atoms with Gasteiger partial charge in [0.2, 0.25) is 12.7 Å². The highest BCUT2D eigenvalue weighted by Crippen LogP contribution is 2.50. The molecule has 0 radical (unpaired) electrons. The lowest BCUT2D eigenvalue weighted by molar-refractivity contribution is 0.174. The fourth-order valence-corrected chi connectivity index (χ4v) is 4.81. The molecule has 5 rings (SSSR count). The second-order valence-electron chi connectivity index (χ2n) is 7.62. The zero-order valence-corrected chi connectivity index (χ0v) is 20.3. The van der Waals surface area contributed by atoms with Crippen molar-refractivity contribution in [2.45, 2.75) is 12.5 Å². The molecule has 0 saturated heterocycles. The van der Waals surface area contributed by atoms with Gasteiger partial charge in [0.05, 0.1) is 17.5 Å². The Morgan fingerprint density at radius 2 is 1.94 bits per heavy atom. The molecule has 1 atom stereocenters. The van der Waals surface area contributed by atoms with Crippen LogP contribution in [0.15, 0.2) is 64.5 Å². The molecule has 2 aliphatic rings. The van der Waals surface area contributed by atoms with Crippen LogP contribution in [0.5, 0.6) is 28.7 Å². The normalized spacial score (nSPS) is 15.9. The minimum absolute atomic E-state index is 0.0373. The van der Waals surface area contributed by atoms with E-state index in [1.54, 1.807) is 19.2 Å². The van der Waals surface area contributed by atoms with Gasteiger partial charge in [0.15, 0.2) is 23.0 Å². The first-order valence-electron chi connectivity index (χ1n) is 10.2. The van der Waals surface area contributed by atoms with Crippen LogP contribution in [0.25, 0.3) is 0 Å². The van der Waals surface area contributed by atoms with Gasteiger partial charge in [0.25, 0.3) is 0 Å². The van der Waals surface area contributed by atoms with Crippen LogP contribution in [0.2, 0.25) is 5.02 Å². The zero-order valence-electron chi connectivity index (χ0n) is 17.9. The molecule has 3 aromatic rings. The Bertz CT molecular complexity index is 1370. The molecule has 0 saturated carbocycles. The summed E-state index contributed by atoms with van der Waals surface area (Å²) in [5.74, 6) is 2.20. The number of fused-ring (bicyclic) bond motifs is 2. The molecule has 0 aliphatic carbocycles. The van der Waals surface area contributed by atoms with Gasteiger partial charge in [-0.25, -0.2) is 0 Å². The third-order valence-electron chi connectivity index (χ3n) is 5.57. The maximum Gasteiger partial charge on any atom is 0.231 e. The summed E-state index contributed by atoms with van der Waals surface area (Å²) < 4.78 is 29.1. The van der Waals surface area contributed by atoms with Crippen LogP contribution in [0, 0.1) is 11.3 Å². The van der Waals surface area contributed by atoms with Gasteiger partial charge >= 0.3 is 0 Å². The van der Waals surface area contributed by atoms with Crippen LogP contribution in [-0.4, -0.2) is 13.9 Å². The predicted octanol–water partition coefficient (Wildman–Crippen LogP) is 5.64. The number of hydrogen-bond acceptors (Lipinski definition) is 7. The second kappa shape index (κ2) is 9.01. The minimum Gasteiger partial charge on any atom is -0.493 e. The molecule has 7 nitrogen and oxygen atoms in total. The maximum absolute atomic E-state index is 9.89. The van der Waals surface area contributed by atoms with Gasteiger partial charge in [-0.15, -0.1) is 0 Å². The summed E-state index contributed by atoms with van der Waals surface area (Å²) >= 11 is 9.68. The Morgan fingerprint density at radius 1 is 1.15 bits per heavy atom. The van der Waals surface area contributed by atoms with Crippen molar-refractivity contribution in [1.82, 2.24) is 0 Å². The molecule has 9 heteroatoms. The Kier molecular flexibility index (Phi) is 5.90. The third kappa shape index (κ3) is 3.98. The SMILES string of the molecule is COc1cc([C@@H]2C(C#N)=C(N)Oc3cc4c(cc32)OCO4)cc(Br)c1OCc1cccc(Cl)c1. The quantitative estimate of drug-likeness (QED) is 0.447. The van der Waals surface area contributed by atoms with Gasteiger partial charge in [-0.3, -0.25) is 0 Å². The van der Waals surface area contributed by atoms with Crippen molar-refractivity contribution in [3.63, 3.8) is 0 Å². The lowest BCUT2D eigenvalue weighted by Gasteiger charge is -2.27. The predicted molar refractivity (Wildman–Crippen MR) is 128 cm³/mol. The highest BCUT2D eigenvalue weighted by molar-refractivity contribution is 9.10. The fourth-order valence-electron chi connectivity index (χ4n) is 4.02. The molecule has 172 valence electrons. The summed E-state index contributed by atoms with van der Waals surface area (Å²) in [5, 5.41) is 10.5. The molecule has 34 heavy (non-hydrogen) atoms. The number of allylic oxidation sites excluding steroid dienone is 1. The molecule has 0 spiro atoms. The number of rotatable bonds is 5. The first kappa shape index (κ1) is 22.3. The molecule has 3 aromatic carbocycles. The van der Waals surface area contributed by atoms with Crippen LogP contribution in [-0.2, 0) is 6.61 Å². The number of hydrogen-bond donors (Lipinski definition) is 1. The topological polar surface area (TPSA) is 96.0 Å². The van der Waals surface area contributed by atoms with Crippen molar-refractivity contribution in [2.75, 3.05) is 13.9 Å². The van der Waals surface area contributed by atoms with E-state index in [4.69, 9.17) is 41.0 Å². The van der Waals surface area contributed by atoms with Crippen LogP contribution in [0.3, 0.4) is 0 Å². The van der Waals surface area contributed by atoms with Gasteiger partial charge in [-0.05, 0) is 57.4 Å². The summed E-state index contributed by atoms with van der Waals surface area (Å²) in [7, 11) is 1.56. The van der Waals surface area contributed by atoms with E-state index in [2.05, 4.69) is 22.0 Å². The van der Waals surface area contributed by atoms with E-state index in [0.717, 1.165) is 16.7 Å². The van der Waals surface area contributed by atoms with Crippen molar-refractivity contribution in [2.24, 2.45) is 5.73 Å². The van der Waals surface area contributed by atoms with Crippen molar-refractivity contribution < 1.29 is 23.7 Å². The van der Waals surface area contributed by atoms with Crippen LogP contribution in [0.1, 0.15) is 22.6 Å². The van der Waals surface area contributed by atoms with E-state index in [1.807, 2.05) is 36.4 Å². The Balaban J connectivity index is 1.56. The summed E-state index contributed by atoms with van der Waals surface area (Å²) in [6.07, 6.45) is 0. The number of nitriles is 1. The molecule has 2 aliphatic heterocycles. The van der Waals surface area contributed by atoms with E-state index < -0.39 is 5.92 Å². The van der Waals surface area contributed by atoms with Gasteiger partial charge in [0, 0.05) is 16.7 Å². The van der Waals surface area contributed by atoms with Crippen LogP contribution >= 0.6 is 27.5 Å². The monoisotopic (exact) mass is 540 g/mol. The largest absolute Gasteiger partial charge is 0.493 e. The van der Waals surface area contributed by atoms with E-state index in [0.29, 0.717) is 44.8 Å². The Labute approximate surface area is 209 Å². The summed E-state index contributed by atoms with van der Waals surface area (Å²) in [6, 6.07) is 16.9. The number of methoxy groups -OCH3 is 1. The third-order valence-corrected chi connectivity index (χ3v) is 6.39. The lowest BCUT2D eigenvalue weighted by atomic mass is 9.83. The number of nitrogens with two attached hydrogens (primary N) is 1. The molecule has 0 aromatic heterocycles. The van der Waals surface area contributed by atoms with E-state index in [9.17, 15) is 5.26 Å². The molecule has 2 heterocycles. The summed E-state index contributed by atoms with van der Waals surface area (Å²) in [5.41, 5.74) is 8.83. The molecule has 0 unspecified atom stereocenters. The Hall–Kier alpha value is -3.54. The van der Waals surface area contributed by atoms with Gasteiger partial charge < -0.3 is 29.4 Å². The second-order valence-corrected chi connectivity index (χ2v) is 8.91. The van der Waals surface area contributed by atoms with Crippen molar-refractivity contribution >= 4 is 27.5 Å². The fraction of sp³-hybridized carbons (Fsp3) is 0.160. The maximum atomic E-state index is 9.89. The number of benzene rings is 3. The molecular weight excluding hydrogens is 524 g/mol. The Morgan fingerprint density at radius 3 is 2.68 bits per heavy atom. The highest BCUT2D eigenvalue weighted by atomic mass is 79.9. The number of halogens is 2. The molecular formula is C25H18BrClN2O5. The number of ether oxygens (including phenoxy) is 5. The van der Waals surface area contributed by atoms with E-state index in [-0.39, 0.29) is 18.2 Å². The van der Waals surface area contributed by atoms with Crippen LogP contribution in [0.4, 0.5) is 0 Å². The first-order valence-corrected chi connectivity index (χ1v) is 11.4. The average molecular weight is 542 g/mol. The standard InChI is InChI=1S/C25H18BrClN2O5/c1-30-22-7-14(6-18(26)24(22)31-11-13-3-2-4-15(27)5-13)23-16-8-20-21(33-12-32-20)9-19(16)34-25(29)17(23)10-28/h2-9,23H,11-12,29H2,1H3/t23-/m0/s1. The summed E-state index contributed by atoms with van der Waals surface area (Å²) in [4.78, 5) is 0. The van der Waals surface area contributed by atoms with Crippen molar-refractivity contribution in [3.8, 4) is 34.8 Å². The van der Waals surface area contributed by atoms with Gasteiger partial charge in [-0.2, -0.15) is 5.26 Å². The van der Waals surface area contributed by atoms with Gasteiger partial charge in [-0.1, -0.05) is 23.7 Å².